The van der Waals surface area contributed by atoms with Crippen LogP contribution in [0.5, 0.6) is 0 Å². The van der Waals surface area contributed by atoms with Crippen LogP contribution in [0.15, 0.2) is 23.9 Å². The van der Waals surface area contributed by atoms with Gasteiger partial charge in [-0.05, 0) is 12.2 Å². The van der Waals surface area contributed by atoms with Crippen molar-refractivity contribution in [2.24, 2.45) is 0 Å². The Bertz CT molecular complexity index is 319. The van der Waals surface area contributed by atoms with E-state index in [1.54, 1.807) is 11.8 Å². The minimum Gasteiger partial charge on any atom is -0.282 e. The first-order chi connectivity index (χ1) is 6.25. The molecule has 1 saturated heterocycles. The van der Waals surface area contributed by atoms with E-state index in [1.807, 2.05) is 17.2 Å². The van der Waals surface area contributed by atoms with Gasteiger partial charge in [-0.1, -0.05) is 42.3 Å². The number of nitrogens with zero attached hydrogens (tertiary/aromatic N) is 1. The Kier molecular flexibility index (Phi) is 2.66. The third-order valence-electron chi connectivity index (χ3n) is 1.82. The van der Waals surface area contributed by atoms with E-state index in [2.05, 4.69) is 11.5 Å². The second-order valence-corrected chi connectivity index (χ2v) is 4.91. The van der Waals surface area contributed by atoms with Crippen molar-refractivity contribution in [3.63, 3.8) is 0 Å². The maximum atomic E-state index is 5.13. The zero-order valence-corrected chi connectivity index (χ0v) is 9.27. The molecule has 0 aromatic heterocycles. The summed E-state index contributed by atoms with van der Waals surface area (Å²) in [6.07, 6.45) is 6.84. The van der Waals surface area contributed by atoms with Crippen molar-refractivity contribution in [1.82, 2.24) is 10.4 Å². The number of thiocarbonyl (C=S) groups is 2. The molecule has 0 bridgehead atoms. The number of hydrazine groups is 1. The predicted octanol–water partition coefficient (Wildman–Crippen LogP) is 2.00. The normalized spacial score (nSPS) is 21.8. The molecule has 0 aromatic rings. The quantitative estimate of drug-likeness (QED) is 0.688. The van der Waals surface area contributed by atoms with E-state index in [9.17, 15) is 0 Å². The van der Waals surface area contributed by atoms with Gasteiger partial charge in [-0.2, -0.15) is 0 Å². The zero-order chi connectivity index (χ0) is 9.26. The minimum atomic E-state index is 0.835. The highest BCUT2D eigenvalue weighted by atomic mass is 32.2. The smallest absolute Gasteiger partial charge is 0.154 e. The fourth-order valence-electron chi connectivity index (χ4n) is 1.20. The molecule has 1 aliphatic carbocycles. The summed E-state index contributed by atoms with van der Waals surface area (Å²) in [6.45, 7) is 0. The molecule has 1 N–H and O–H groups in total. The summed E-state index contributed by atoms with van der Waals surface area (Å²) in [5.41, 5.74) is 4.30. The van der Waals surface area contributed by atoms with E-state index < -0.39 is 0 Å². The molecular weight excluding hydrogens is 220 g/mol. The molecule has 0 radical (unpaired) electrons. The molecule has 0 unspecified atom stereocenters. The third kappa shape index (κ3) is 2.10. The second kappa shape index (κ2) is 3.77. The molecule has 68 valence electrons. The van der Waals surface area contributed by atoms with Crippen LogP contribution in [0.3, 0.4) is 0 Å². The summed E-state index contributed by atoms with van der Waals surface area (Å²) >= 11 is 11.8. The van der Waals surface area contributed by atoms with E-state index >= 15 is 0 Å². The van der Waals surface area contributed by atoms with Crippen molar-refractivity contribution in [3.8, 4) is 0 Å². The van der Waals surface area contributed by atoms with Gasteiger partial charge in [0.25, 0.3) is 0 Å². The Morgan fingerprint density at radius 2 is 2.31 bits per heavy atom. The van der Waals surface area contributed by atoms with E-state index in [4.69, 9.17) is 24.4 Å². The SMILES string of the molecule is S=C1C=CC=C(N2CSC(=S)N2)C1. The molecule has 0 amide bonds. The number of allylic oxidation sites excluding steroid dienone is 4. The van der Waals surface area contributed by atoms with Gasteiger partial charge in [0.15, 0.2) is 4.32 Å². The average Bonchev–Trinajstić information content (AvgIpc) is 2.52. The molecule has 0 saturated carbocycles. The van der Waals surface area contributed by atoms with Crippen molar-refractivity contribution >= 4 is 45.4 Å². The van der Waals surface area contributed by atoms with Crippen molar-refractivity contribution in [3.05, 3.63) is 23.9 Å². The third-order valence-corrected chi connectivity index (χ3v) is 3.29. The van der Waals surface area contributed by atoms with Crippen LogP contribution in [0.25, 0.3) is 0 Å². The van der Waals surface area contributed by atoms with E-state index in [-0.39, 0.29) is 0 Å². The van der Waals surface area contributed by atoms with Gasteiger partial charge in [0.2, 0.25) is 0 Å². The lowest BCUT2D eigenvalue weighted by Crippen LogP contribution is -2.32. The number of nitrogens with one attached hydrogen (secondary N) is 1. The second-order valence-electron chi connectivity index (χ2n) is 2.76. The summed E-state index contributed by atoms with van der Waals surface area (Å²) in [5, 5.41) is 2.04. The molecule has 1 fully saturated rings. The predicted molar refractivity (Wildman–Crippen MR) is 64.5 cm³/mol. The van der Waals surface area contributed by atoms with Crippen LogP contribution in [0, 0.1) is 0 Å². The van der Waals surface area contributed by atoms with Crippen LogP contribution < -0.4 is 5.43 Å². The van der Waals surface area contributed by atoms with Crippen LogP contribution in [0.2, 0.25) is 0 Å². The van der Waals surface area contributed by atoms with Crippen LogP contribution in [0.1, 0.15) is 6.42 Å². The van der Waals surface area contributed by atoms with E-state index in [0.29, 0.717) is 0 Å². The fraction of sp³-hybridized carbons (Fsp3) is 0.250. The Labute approximate surface area is 92.0 Å². The van der Waals surface area contributed by atoms with Gasteiger partial charge in [0.05, 0.1) is 5.88 Å². The summed E-state index contributed by atoms with van der Waals surface area (Å²) in [4.78, 5) is 0.974. The van der Waals surface area contributed by atoms with Gasteiger partial charge in [-0.15, -0.1) is 0 Å². The maximum Gasteiger partial charge on any atom is 0.154 e. The first-order valence-electron chi connectivity index (χ1n) is 3.87. The van der Waals surface area contributed by atoms with Gasteiger partial charge in [-0.3, -0.25) is 10.4 Å². The van der Waals surface area contributed by atoms with Crippen LogP contribution in [-0.4, -0.2) is 20.1 Å². The molecule has 13 heavy (non-hydrogen) atoms. The van der Waals surface area contributed by atoms with Gasteiger partial charge in [0.1, 0.15) is 0 Å². The molecule has 2 nitrogen and oxygen atoms in total. The fourth-order valence-corrected chi connectivity index (χ4v) is 2.35. The highest BCUT2D eigenvalue weighted by Gasteiger charge is 2.19. The summed E-state index contributed by atoms with van der Waals surface area (Å²) in [6, 6.07) is 0. The van der Waals surface area contributed by atoms with E-state index in [1.165, 1.54) is 5.70 Å². The Balaban J connectivity index is 2.09. The number of hydrogen-bond acceptors (Lipinski definition) is 4. The molecular formula is C8H8N2S3. The topological polar surface area (TPSA) is 15.3 Å². The van der Waals surface area contributed by atoms with Crippen LogP contribution >= 0.6 is 36.2 Å². The lowest BCUT2D eigenvalue weighted by Gasteiger charge is -2.21. The number of hydrogen-bond donors (Lipinski definition) is 1. The highest BCUT2D eigenvalue weighted by Crippen LogP contribution is 2.21. The zero-order valence-electron chi connectivity index (χ0n) is 6.82. The monoisotopic (exact) mass is 228 g/mol. The summed E-state index contributed by atoms with van der Waals surface area (Å²) in [7, 11) is 0. The largest absolute Gasteiger partial charge is 0.282 e. The summed E-state index contributed by atoms with van der Waals surface area (Å²) < 4.78 is 0.835. The molecule has 2 rings (SSSR count). The molecule has 0 aromatic carbocycles. The van der Waals surface area contributed by atoms with Gasteiger partial charge >= 0.3 is 0 Å². The highest BCUT2D eigenvalue weighted by molar-refractivity contribution is 8.23. The Morgan fingerprint density at radius 3 is 2.92 bits per heavy atom. The standard InChI is InChI=1S/C8H8N2S3/c11-7-3-1-2-6(4-7)10-5-13-8(12)9-10/h1-3H,4-5H2,(H,9,12). The van der Waals surface area contributed by atoms with Crippen molar-refractivity contribution in [1.29, 1.82) is 0 Å². The lowest BCUT2D eigenvalue weighted by molar-refractivity contribution is 0.368. The molecule has 5 heteroatoms. The van der Waals surface area contributed by atoms with Gasteiger partial charge in [-0.25, -0.2) is 0 Å². The van der Waals surface area contributed by atoms with Crippen LogP contribution in [-0.2, 0) is 0 Å². The Hall–Kier alpha value is -0.390. The first kappa shape index (κ1) is 9.18. The lowest BCUT2D eigenvalue weighted by atomic mass is 10.1. The maximum absolute atomic E-state index is 5.13. The molecule has 0 atom stereocenters. The summed E-state index contributed by atoms with van der Waals surface area (Å²) in [5.74, 6) is 0.876. The van der Waals surface area contributed by atoms with Crippen molar-refractivity contribution in [2.45, 2.75) is 6.42 Å². The molecule has 2 aliphatic rings. The number of thioether (sulfide) groups is 1. The molecule has 1 heterocycles. The van der Waals surface area contributed by atoms with Gasteiger partial charge in [0, 0.05) is 17.0 Å². The van der Waals surface area contributed by atoms with Crippen molar-refractivity contribution < 1.29 is 0 Å². The first-order valence-corrected chi connectivity index (χ1v) is 5.67. The molecule has 1 aliphatic heterocycles. The van der Waals surface area contributed by atoms with Crippen molar-refractivity contribution in [2.75, 3.05) is 5.88 Å². The minimum absolute atomic E-state index is 0.835. The van der Waals surface area contributed by atoms with E-state index in [0.717, 1.165) is 21.5 Å². The van der Waals surface area contributed by atoms with Crippen LogP contribution in [0.4, 0.5) is 0 Å². The van der Waals surface area contributed by atoms with Gasteiger partial charge < -0.3 is 0 Å². The molecule has 0 spiro atoms. The Morgan fingerprint density at radius 1 is 1.46 bits per heavy atom. The number of rotatable bonds is 1. The average molecular weight is 228 g/mol.